The molecule has 0 fully saturated rings. The van der Waals surface area contributed by atoms with Gasteiger partial charge in [-0.15, -0.1) is 11.3 Å². The number of ether oxygens (including phenoxy) is 1. The second kappa shape index (κ2) is 14.4. The van der Waals surface area contributed by atoms with Gasteiger partial charge >= 0.3 is 16.4 Å². The molecular formula is C28H32N4O6S2. The molecule has 0 bridgehead atoms. The second-order valence-corrected chi connectivity index (χ2v) is 10.9. The number of nitrogens with zero attached hydrogens (tertiary/aromatic N) is 1. The van der Waals surface area contributed by atoms with Crippen molar-refractivity contribution in [1.82, 2.24) is 10.6 Å². The highest BCUT2D eigenvalue weighted by Crippen LogP contribution is 2.19. The van der Waals surface area contributed by atoms with Crippen molar-refractivity contribution in [3.63, 3.8) is 0 Å². The molecule has 212 valence electrons. The van der Waals surface area contributed by atoms with E-state index in [0.29, 0.717) is 12.1 Å². The molecule has 1 heterocycles. The van der Waals surface area contributed by atoms with Gasteiger partial charge in [-0.25, -0.2) is 4.79 Å². The lowest BCUT2D eigenvalue weighted by molar-refractivity contribution is -0.123. The Hall–Kier alpha value is -4.00. The van der Waals surface area contributed by atoms with E-state index in [4.69, 9.17) is 14.3 Å². The van der Waals surface area contributed by atoms with Gasteiger partial charge in [0.1, 0.15) is 6.04 Å². The summed E-state index contributed by atoms with van der Waals surface area (Å²) in [6.45, 7) is 3.72. The minimum absolute atomic E-state index is 0.190. The molecule has 0 radical (unpaired) electrons. The predicted octanol–water partition coefficient (Wildman–Crippen LogP) is 4.37. The summed E-state index contributed by atoms with van der Waals surface area (Å²) < 4.78 is 38.1. The summed E-state index contributed by atoms with van der Waals surface area (Å²) in [6, 6.07) is 18.1. The Bertz CT molecular complexity index is 1440. The fourth-order valence-corrected chi connectivity index (χ4v) is 5.04. The van der Waals surface area contributed by atoms with Gasteiger partial charge in [0, 0.05) is 11.3 Å². The van der Waals surface area contributed by atoms with Crippen LogP contribution in [0.1, 0.15) is 29.9 Å². The number of alkyl carbamates (subject to hydrolysis) is 1. The largest absolute Gasteiger partial charge is 0.453 e. The van der Waals surface area contributed by atoms with Crippen molar-refractivity contribution in [2.45, 2.75) is 38.8 Å². The van der Waals surface area contributed by atoms with Gasteiger partial charge in [0.2, 0.25) is 5.91 Å². The van der Waals surface area contributed by atoms with E-state index in [1.54, 1.807) is 23.5 Å². The van der Waals surface area contributed by atoms with Crippen molar-refractivity contribution in [3.05, 3.63) is 99.9 Å². The van der Waals surface area contributed by atoms with E-state index in [1.807, 2.05) is 72.5 Å². The molecule has 1 aromatic heterocycles. The van der Waals surface area contributed by atoms with Crippen LogP contribution in [0, 0.1) is 0 Å². The number of allylic oxidation sites excluding steroid dienone is 1. The summed E-state index contributed by atoms with van der Waals surface area (Å²) >= 11 is 1.55. The molecule has 2 aromatic carbocycles. The van der Waals surface area contributed by atoms with E-state index < -0.39 is 34.4 Å². The molecule has 0 aliphatic rings. The highest BCUT2D eigenvalue weighted by Gasteiger charge is 2.26. The van der Waals surface area contributed by atoms with Crippen molar-refractivity contribution >= 4 is 45.0 Å². The number of methoxy groups -OCH3 is 1. The Morgan fingerprint density at radius 2 is 1.62 bits per heavy atom. The van der Waals surface area contributed by atoms with E-state index in [9.17, 15) is 18.0 Å². The second-order valence-electron chi connectivity index (χ2n) is 8.81. The number of aliphatic imine (C=N–C) groups is 1. The van der Waals surface area contributed by atoms with Crippen LogP contribution in [0.2, 0.25) is 0 Å². The number of nitrogens with one attached hydrogen (secondary N) is 3. The molecule has 0 spiro atoms. The number of amides is 2. The van der Waals surface area contributed by atoms with Gasteiger partial charge < -0.3 is 15.4 Å². The Kier molecular flexibility index (Phi) is 11.0. The summed E-state index contributed by atoms with van der Waals surface area (Å²) in [5, 5.41) is 7.61. The normalized spacial score (nSPS) is 13.7. The molecule has 3 rings (SSSR count). The lowest BCUT2D eigenvalue weighted by atomic mass is 10.0. The van der Waals surface area contributed by atoms with Crippen molar-refractivity contribution in [2.75, 3.05) is 11.8 Å². The van der Waals surface area contributed by atoms with Gasteiger partial charge in [-0.05, 0) is 55.0 Å². The minimum Gasteiger partial charge on any atom is -0.453 e. The van der Waals surface area contributed by atoms with Gasteiger partial charge in [0.15, 0.2) is 0 Å². The van der Waals surface area contributed by atoms with E-state index in [1.165, 1.54) is 19.2 Å². The van der Waals surface area contributed by atoms with E-state index in [0.717, 1.165) is 21.7 Å². The molecule has 0 saturated carbocycles. The van der Waals surface area contributed by atoms with Gasteiger partial charge in [0.25, 0.3) is 0 Å². The molecule has 4 N–H and O–H groups in total. The van der Waals surface area contributed by atoms with Crippen LogP contribution in [-0.4, -0.2) is 49.9 Å². The van der Waals surface area contributed by atoms with Crippen molar-refractivity contribution in [1.29, 1.82) is 0 Å². The first kappa shape index (κ1) is 30.5. The maximum Gasteiger partial charge on any atom is 0.407 e. The average molecular weight is 585 g/mol. The Morgan fingerprint density at radius 1 is 0.975 bits per heavy atom. The summed E-state index contributed by atoms with van der Waals surface area (Å²) in [7, 11) is -3.17. The van der Waals surface area contributed by atoms with Crippen LogP contribution in [0.25, 0.3) is 0 Å². The molecule has 10 nitrogen and oxygen atoms in total. The van der Waals surface area contributed by atoms with Crippen LogP contribution in [0.15, 0.2) is 88.9 Å². The molecule has 0 aliphatic carbocycles. The Labute approximate surface area is 238 Å². The van der Waals surface area contributed by atoms with Gasteiger partial charge in [-0.2, -0.15) is 8.42 Å². The van der Waals surface area contributed by atoms with Crippen LogP contribution < -0.4 is 15.4 Å². The molecular weight excluding hydrogens is 552 g/mol. The fourth-order valence-electron chi connectivity index (χ4n) is 3.93. The first-order valence-corrected chi connectivity index (χ1v) is 14.7. The predicted molar refractivity (Wildman–Crippen MR) is 157 cm³/mol. The summed E-state index contributed by atoms with van der Waals surface area (Å²) in [6.07, 6.45) is 1.64. The summed E-state index contributed by atoms with van der Waals surface area (Å²) in [5.41, 5.74) is 3.21. The monoisotopic (exact) mass is 584 g/mol. The van der Waals surface area contributed by atoms with Crippen molar-refractivity contribution < 1.29 is 27.3 Å². The highest BCUT2D eigenvalue weighted by molar-refractivity contribution is 7.87. The number of carbonyl (C=O) groups is 2. The Morgan fingerprint density at radius 3 is 2.20 bits per heavy atom. The average Bonchev–Trinajstić information content (AvgIpc) is 3.47. The lowest BCUT2D eigenvalue weighted by Crippen LogP contribution is -2.51. The van der Waals surface area contributed by atoms with E-state index in [2.05, 4.69) is 10.6 Å². The lowest BCUT2D eigenvalue weighted by Gasteiger charge is -2.24. The standard InChI is InChI=1S/C28H32N4O6S2/c1-4-23(29-19(2)26-11-8-16-39-26)24(17-21-12-14-22(15-13-21)32-40(35,36)37)30-27(33)25(31-28(34)38-3)18-20-9-6-5-7-10-20/h4-16,24-25,32H,17-18H2,1-3H3,(H,30,33)(H,31,34)(H,35,36,37)/b23-4-,29-19?/t24-,25-/m0/s1. The number of hydrogen-bond acceptors (Lipinski definition) is 7. The van der Waals surface area contributed by atoms with Crippen LogP contribution in [0.4, 0.5) is 10.5 Å². The number of carbonyl (C=O) groups excluding carboxylic acids is 2. The summed E-state index contributed by atoms with van der Waals surface area (Å²) in [4.78, 5) is 31.5. The maximum absolute atomic E-state index is 13.6. The quantitative estimate of drug-likeness (QED) is 0.184. The molecule has 40 heavy (non-hydrogen) atoms. The van der Waals surface area contributed by atoms with Crippen molar-refractivity contribution in [3.8, 4) is 0 Å². The smallest absolute Gasteiger partial charge is 0.407 e. The van der Waals surface area contributed by atoms with Crippen LogP contribution in [0.5, 0.6) is 0 Å². The van der Waals surface area contributed by atoms with Crippen molar-refractivity contribution in [2.24, 2.45) is 4.99 Å². The molecule has 0 saturated heterocycles. The highest BCUT2D eigenvalue weighted by atomic mass is 32.2. The number of rotatable bonds is 12. The van der Waals surface area contributed by atoms with Crippen LogP contribution in [-0.2, 0) is 32.7 Å². The molecule has 12 heteroatoms. The molecule has 0 unspecified atom stereocenters. The van der Waals surface area contributed by atoms with Gasteiger partial charge in [0.05, 0.1) is 30.2 Å². The SMILES string of the molecule is C/C=C(\N=C(C)c1cccs1)[C@H](Cc1ccc(NS(=O)(=O)O)cc1)NC(=O)[C@H](Cc1ccccc1)NC(=O)OC. The van der Waals surface area contributed by atoms with E-state index in [-0.39, 0.29) is 12.1 Å². The third-order valence-corrected chi connectivity index (χ3v) is 7.33. The van der Waals surface area contributed by atoms with Gasteiger partial charge in [-0.1, -0.05) is 54.6 Å². The van der Waals surface area contributed by atoms with Crippen LogP contribution >= 0.6 is 11.3 Å². The first-order valence-electron chi connectivity index (χ1n) is 12.4. The number of anilines is 1. The van der Waals surface area contributed by atoms with Gasteiger partial charge in [-0.3, -0.25) is 19.1 Å². The third-order valence-electron chi connectivity index (χ3n) is 5.86. The number of benzene rings is 2. The van der Waals surface area contributed by atoms with E-state index >= 15 is 0 Å². The number of thiophene rings is 1. The molecule has 0 aliphatic heterocycles. The fraction of sp³-hybridized carbons (Fsp3) is 0.250. The summed E-state index contributed by atoms with van der Waals surface area (Å²) in [5.74, 6) is -0.424. The number of hydrogen-bond donors (Lipinski definition) is 4. The zero-order valence-corrected chi connectivity index (χ0v) is 24.0. The molecule has 2 amide bonds. The zero-order valence-electron chi connectivity index (χ0n) is 22.3. The zero-order chi connectivity index (χ0) is 29.1. The topological polar surface area (TPSA) is 146 Å². The van der Waals surface area contributed by atoms with Crippen LogP contribution in [0.3, 0.4) is 0 Å². The molecule has 2 atom stereocenters. The maximum atomic E-state index is 13.6. The minimum atomic E-state index is -4.41. The molecule has 3 aromatic rings. The first-order chi connectivity index (χ1) is 19.1. The third kappa shape index (κ3) is 9.63. The Balaban J connectivity index is 1.91.